The summed E-state index contributed by atoms with van der Waals surface area (Å²) in [5.41, 5.74) is -0.807. The zero-order valence-corrected chi connectivity index (χ0v) is 9.77. The quantitative estimate of drug-likeness (QED) is 0.620. The van der Waals surface area contributed by atoms with Crippen LogP contribution in [0.5, 0.6) is 0 Å². The van der Waals surface area contributed by atoms with Crippen LogP contribution in [0.3, 0.4) is 0 Å². The second kappa shape index (κ2) is 5.90. The Morgan fingerprint density at radius 1 is 1.47 bits per heavy atom. The highest BCUT2D eigenvalue weighted by Crippen LogP contribution is 2.29. The van der Waals surface area contributed by atoms with Gasteiger partial charge in [0.25, 0.3) is 0 Å². The summed E-state index contributed by atoms with van der Waals surface area (Å²) in [5.74, 6) is -0.383. The van der Waals surface area contributed by atoms with Gasteiger partial charge in [0.05, 0.1) is 22.9 Å². The standard InChI is InChI=1S/C10H10F3NO2S/c1-2-16-9(15)6-17-8-4-3-7(5-14-8)10(11,12)13/h3-5H,2,6H2,1H3. The molecule has 1 aromatic heterocycles. The Hall–Kier alpha value is -1.24. The zero-order chi connectivity index (χ0) is 12.9. The molecule has 0 radical (unpaired) electrons. The number of halogens is 3. The van der Waals surface area contributed by atoms with Gasteiger partial charge in [-0.05, 0) is 19.1 Å². The van der Waals surface area contributed by atoms with Gasteiger partial charge in [0.1, 0.15) is 0 Å². The summed E-state index contributed by atoms with van der Waals surface area (Å²) >= 11 is 1.03. The molecule has 0 spiro atoms. The second-order valence-electron chi connectivity index (χ2n) is 2.98. The van der Waals surface area contributed by atoms with Crippen LogP contribution in [-0.2, 0) is 15.7 Å². The number of alkyl halides is 3. The Morgan fingerprint density at radius 3 is 2.65 bits per heavy atom. The van der Waals surface area contributed by atoms with Crippen LogP contribution in [0.2, 0.25) is 0 Å². The minimum absolute atomic E-state index is 0.0339. The van der Waals surface area contributed by atoms with E-state index >= 15 is 0 Å². The lowest BCUT2D eigenvalue weighted by Crippen LogP contribution is -2.07. The summed E-state index contributed by atoms with van der Waals surface area (Å²) in [7, 11) is 0. The Bertz CT molecular complexity index is 378. The molecular weight excluding hydrogens is 255 g/mol. The molecule has 0 bridgehead atoms. The molecular formula is C10H10F3NO2S. The molecule has 0 atom stereocenters. The van der Waals surface area contributed by atoms with Gasteiger partial charge in [-0.15, -0.1) is 0 Å². The van der Waals surface area contributed by atoms with Crippen molar-refractivity contribution in [2.45, 2.75) is 18.1 Å². The van der Waals surface area contributed by atoms with E-state index in [2.05, 4.69) is 9.72 Å². The number of pyridine rings is 1. The maximum absolute atomic E-state index is 12.2. The van der Waals surface area contributed by atoms with Gasteiger partial charge in [0.2, 0.25) is 0 Å². The van der Waals surface area contributed by atoms with Crippen LogP contribution in [0.4, 0.5) is 13.2 Å². The highest BCUT2D eigenvalue weighted by Gasteiger charge is 2.30. The van der Waals surface area contributed by atoms with E-state index in [9.17, 15) is 18.0 Å². The van der Waals surface area contributed by atoms with E-state index in [4.69, 9.17) is 0 Å². The molecule has 0 aliphatic heterocycles. The number of nitrogens with zero attached hydrogens (tertiary/aromatic N) is 1. The fourth-order valence-corrected chi connectivity index (χ4v) is 1.61. The number of carbonyl (C=O) groups excluding carboxylic acids is 1. The average molecular weight is 265 g/mol. The molecule has 0 aliphatic carbocycles. The van der Waals surface area contributed by atoms with Gasteiger partial charge in [0.15, 0.2) is 0 Å². The number of hydrogen-bond donors (Lipinski definition) is 0. The molecule has 7 heteroatoms. The lowest BCUT2D eigenvalue weighted by Gasteiger charge is -2.06. The maximum Gasteiger partial charge on any atom is 0.417 e. The van der Waals surface area contributed by atoms with Crippen LogP contribution < -0.4 is 0 Å². The third-order valence-corrected chi connectivity index (χ3v) is 2.62. The summed E-state index contributed by atoms with van der Waals surface area (Å²) in [5, 5.41) is 0.353. The second-order valence-corrected chi connectivity index (χ2v) is 3.97. The number of rotatable bonds is 4. The lowest BCUT2D eigenvalue weighted by atomic mass is 10.3. The summed E-state index contributed by atoms with van der Waals surface area (Å²) in [6, 6.07) is 2.16. The molecule has 0 unspecified atom stereocenters. The first-order chi connectivity index (χ1) is 7.93. The predicted molar refractivity (Wildman–Crippen MR) is 56.6 cm³/mol. The Morgan fingerprint density at radius 2 is 2.18 bits per heavy atom. The summed E-state index contributed by atoms with van der Waals surface area (Å²) < 4.78 is 41.3. The molecule has 0 fully saturated rings. The highest BCUT2D eigenvalue weighted by molar-refractivity contribution is 7.99. The van der Waals surface area contributed by atoms with Crippen molar-refractivity contribution in [1.29, 1.82) is 0 Å². The SMILES string of the molecule is CCOC(=O)CSc1ccc(C(F)(F)F)cn1. The van der Waals surface area contributed by atoms with Gasteiger partial charge in [-0.2, -0.15) is 13.2 Å². The van der Waals surface area contributed by atoms with Crippen molar-refractivity contribution >= 4 is 17.7 Å². The zero-order valence-electron chi connectivity index (χ0n) is 8.95. The number of thioether (sulfide) groups is 1. The van der Waals surface area contributed by atoms with E-state index < -0.39 is 17.7 Å². The number of esters is 1. The van der Waals surface area contributed by atoms with Crippen molar-refractivity contribution in [3.05, 3.63) is 23.9 Å². The van der Waals surface area contributed by atoms with Crippen molar-refractivity contribution in [1.82, 2.24) is 4.98 Å². The van der Waals surface area contributed by atoms with E-state index in [1.54, 1.807) is 6.92 Å². The number of aromatic nitrogens is 1. The lowest BCUT2D eigenvalue weighted by molar-refractivity contribution is -0.140. The number of ether oxygens (including phenoxy) is 1. The molecule has 0 saturated carbocycles. The average Bonchev–Trinajstić information content (AvgIpc) is 2.26. The maximum atomic E-state index is 12.2. The van der Waals surface area contributed by atoms with E-state index in [0.717, 1.165) is 24.0 Å². The fraction of sp³-hybridized carbons (Fsp3) is 0.400. The third-order valence-electron chi connectivity index (χ3n) is 1.71. The minimum Gasteiger partial charge on any atom is -0.465 e. The van der Waals surface area contributed by atoms with E-state index in [-0.39, 0.29) is 12.4 Å². The predicted octanol–water partition coefficient (Wildman–Crippen LogP) is 2.76. The number of carbonyl (C=O) groups is 1. The van der Waals surface area contributed by atoms with Crippen LogP contribution in [0.25, 0.3) is 0 Å². The van der Waals surface area contributed by atoms with Crippen molar-refractivity contribution in [3.63, 3.8) is 0 Å². The highest BCUT2D eigenvalue weighted by atomic mass is 32.2. The van der Waals surface area contributed by atoms with Gasteiger partial charge in [-0.25, -0.2) is 4.98 Å². The molecule has 17 heavy (non-hydrogen) atoms. The molecule has 0 saturated heterocycles. The van der Waals surface area contributed by atoms with Crippen molar-refractivity contribution < 1.29 is 22.7 Å². The molecule has 94 valence electrons. The number of hydrogen-bond acceptors (Lipinski definition) is 4. The van der Waals surface area contributed by atoms with Crippen molar-refractivity contribution in [2.24, 2.45) is 0 Å². The Balaban J connectivity index is 2.54. The van der Waals surface area contributed by atoms with Gasteiger partial charge in [0, 0.05) is 6.20 Å². The van der Waals surface area contributed by atoms with Crippen LogP contribution in [-0.4, -0.2) is 23.3 Å². The van der Waals surface area contributed by atoms with Crippen LogP contribution >= 0.6 is 11.8 Å². The first kappa shape index (κ1) is 13.8. The minimum atomic E-state index is -4.39. The van der Waals surface area contributed by atoms with Gasteiger partial charge in [-0.3, -0.25) is 4.79 Å². The van der Waals surface area contributed by atoms with E-state index in [0.29, 0.717) is 5.03 Å². The van der Waals surface area contributed by atoms with Gasteiger partial charge in [-0.1, -0.05) is 11.8 Å². The first-order valence-corrected chi connectivity index (χ1v) is 5.73. The topological polar surface area (TPSA) is 39.2 Å². The van der Waals surface area contributed by atoms with Crippen molar-refractivity contribution in [2.75, 3.05) is 12.4 Å². The third kappa shape index (κ3) is 4.64. The molecule has 1 aromatic rings. The largest absolute Gasteiger partial charge is 0.465 e. The van der Waals surface area contributed by atoms with Gasteiger partial charge < -0.3 is 4.74 Å². The van der Waals surface area contributed by atoms with Crippen LogP contribution in [0.15, 0.2) is 23.4 Å². The van der Waals surface area contributed by atoms with Crippen molar-refractivity contribution in [3.8, 4) is 0 Å². The fourth-order valence-electron chi connectivity index (χ4n) is 0.969. The molecule has 1 heterocycles. The molecule has 1 rings (SSSR count). The Labute approximate surface area is 100 Å². The first-order valence-electron chi connectivity index (χ1n) is 4.75. The van der Waals surface area contributed by atoms with E-state index in [1.807, 2.05) is 0 Å². The van der Waals surface area contributed by atoms with Crippen LogP contribution in [0.1, 0.15) is 12.5 Å². The molecule has 0 amide bonds. The monoisotopic (exact) mass is 265 g/mol. The summed E-state index contributed by atoms with van der Waals surface area (Å²) in [6.45, 7) is 1.96. The van der Waals surface area contributed by atoms with Crippen LogP contribution in [0, 0.1) is 0 Å². The Kier molecular flexibility index (Phi) is 4.80. The smallest absolute Gasteiger partial charge is 0.417 e. The molecule has 3 nitrogen and oxygen atoms in total. The molecule has 0 aliphatic rings. The van der Waals surface area contributed by atoms with E-state index in [1.165, 1.54) is 6.07 Å². The molecule has 0 aromatic carbocycles. The molecule has 0 N–H and O–H groups in total. The van der Waals surface area contributed by atoms with Gasteiger partial charge >= 0.3 is 12.1 Å². The summed E-state index contributed by atoms with van der Waals surface area (Å²) in [6.07, 6.45) is -3.65. The normalized spacial score (nSPS) is 11.3. The summed E-state index contributed by atoms with van der Waals surface area (Å²) in [4.78, 5) is 14.6.